The van der Waals surface area contributed by atoms with Gasteiger partial charge < -0.3 is 0 Å². The van der Waals surface area contributed by atoms with E-state index in [-0.39, 0.29) is 5.41 Å². The Kier molecular flexibility index (Phi) is 8.81. The molecule has 1 heterocycles. The molecular formula is C63H45N. The number of hydrogen-bond acceptors (Lipinski definition) is 1. The van der Waals surface area contributed by atoms with Gasteiger partial charge in [0.15, 0.2) is 0 Å². The molecule has 2 aliphatic carbocycles. The molecule has 1 spiro atoms. The number of fused-ring (bicyclic) bond motifs is 9. The van der Waals surface area contributed by atoms with Crippen molar-refractivity contribution in [3.63, 3.8) is 0 Å². The highest BCUT2D eigenvalue weighted by atomic mass is 14.7. The second kappa shape index (κ2) is 14.9. The molecule has 0 N–H and O–H groups in total. The van der Waals surface area contributed by atoms with Crippen LogP contribution in [0.15, 0.2) is 237 Å². The summed E-state index contributed by atoms with van der Waals surface area (Å²) in [5.74, 6) is 0. The van der Waals surface area contributed by atoms with Crippen molar-refractivity contribution in [1.29, 1.82) is 0 Å². The number of rotatable bonds is 6. The summed E-state index contributed by atoms with van der Waals surface area (Å²) in [6, 6.07) is 87.0. The Morgan fingerprint density at radius 1 is 0.266 bits per heavy atom. The predicted octanol–water partition coefficient (Wildman–Crippen LogP) is 16.1. The molecule has 0 unspecified atom stereocenters. The molecule has 302 valence electrons. The molecule has 0 amide bonds. The minimum Gasteiger partial charge on any atom is -0.248 e. The number of aromatic nitrogens is 1. The summed E-state index contributed by atoms with van der Waals surface area (Å²) in [5, 5.41) is 0. The molecule has 9 aromatic carbocycles. The Balaban J connectivity index is 1.07. The van der Waals surface area contributed by atoms with Gasteiger partial charge in [-0.25, -0.2) is 4.98 Å². The fourth-order valence-corrected chi connectivity index (χ4v) is 10.9. The second-order valence-corrected chi connectivity index (χ2v) is 17.8. The third-order valence-corrected chi connectivity index (χ3v) is 14.0. The first-order valence-electron chi connectivity index (χ1n) is 22.4. The van der Waals surface area contributed by atoms with Gasteiger partial charge in [0.05, 0.1) is 16.8 Å². The lowest BCUT2D eigenvalue weighted by atomic mass is 9.55. The van der Waals surface area contributed by atoms with Gasteiger partial charge in [-0.1, -0.05) is 232 Å². The Morgan fingerprint density at radius 3 is 1.22 bits per heavy atom. The first kappa shape index (κ1) is 37.9. The van der Waals surface area contributed by atoms with Crippen LogP contribution in [0.25, 0.3) is 78.1 Å². The van der Waals surface area contributed by atoms with Crippen LogP contribution in [0.3, 0.4) is 0 Å². The Hall–Kier alpha value is -7.87. The maximum absolute atomic E-state index is 5.54. The van der Waals surface area contributed by atoms with Crippen LogP contribution in [-0.4, -0.2) is 4.98 Å². The lowest BCUT2D eigenvalue weighted by Gasteiger charge is -2.46. The van der Waals surface area contributed by atoms with Gasteiger partial charge in [0.2, 0.25) is 0 Å². The predicted molar refractivity (Wildman–Crippen MR) is 266 cm³/mol. The first-order chi connectivity index (χ1) is 31.5. The molecule has 1 nitrogen and oxygen atoms in total. The van der Waals surface area contributed by atoms with Gasteiger partial charge in [-0.05, 0) is 107 Å². The van der Waals surface area contributed by atoms with Crippen LogP contribution in [-0.2, 0) is 10.8 Å². The van der Waals surface area contributed by atoms with Gasteiger partial charge in [-0.15, -0.1) is 0 Å². The molecular weight excluding hydrogens is 771 g/mol. The minimum atomic E-state index is -0.531. The lowest BCUT2D eigenvalue weighted by molar-refractivity contribution is 0.563. The van der Waals surface area contributed by atoms with Crippen LogP contribution < -0.4 is 0 Å². The summed E-state index contributed by atoms with van der Waals surface area (Å²) in [6.45, 7) is 4.78. The van der Waals surface area contributed by atoms with Crippen molar-refractivity contribution in [2.45, 2.75) is 24.7 Å². The molecule has 10 aromatic rings. The van der Waals surface area contributed by atoms with Crippen LogP contribution in [0.1, 0.15) is 47.2 Å². The minimum absolute atomic E-state index is 0.182. The molecule has 0 saturated heterocycles. The van der Waals surface area contributed by atoms with Crippen molar-refractivity contribution in [2.75, 3.05) is 0 Å². The second-order valence-electron chi connectivity index (χ2n) is 17.8. The third kappa shape index (κ3) is 5.89. The van der Waals surface area contributed by atoms with E-state index in [1.807, 2.05) is 0 Å². The van der Waals surface area contributed by atoms with E-state index in [9.17, 15) is 0 Å². The van der Waals surface area contributed by atoms with Crippen molar-refractivity contribution in [3.05, 3.63) is 270 Å². The smallest absolute Gasteiger partial charge is 0.0722 e. The summed E-state index contributed by atoms with van der Waals surface area (Å²) in [7, 11) is 0. The Morgan fingerprint density at radius 2 is 0.672 bits per heavy atom. The molecule has 1 heteroatoms. The fourth-order valence-electron chi connectivity index (χ4n) is 10.9. The van der Waals surface area contributed by atoms with Crippen molar-refractivity contribution in [2.24, 2.45) is 0 Å². The summed E-state index contributed by atoms with van der Waals surface area (Å²) in [4.78, 5) is 5.54. The summed E-state index contributed by atoms with van der Waals surface area (Å²) in [6.07, 6.45) is 0. The van der Waals surface area contributed by atoms with E-state index >= 15 is 0 Å². The zero-order chi connectivity index (χ0) is 42.8. The summed E-state index contributed by atoms with van der Waals surface area (Å²) >= 11 is 0. The van der Waals surface area contributed by atoms with Gasteiger partial charge >= 0.3 is 0 Å². The van der Waals surface area contributed by atoms with Crippen LogP contribution in [0.5, 0.6) is 0 Å². The van der Waals surface area contributed by atoms with Gasteiger partial charge in [0.25, 0.3) is 0 Å². The van der Waals surface area contributed by atoms with Gasteiger partial charge in [0.1, 0.15) is 0 Å². The highest BCUT2D eigenvalue weighted by molar-refractivity contribution is 5.98. The van der Waals surface area contributed by atoms with Crippen LogP contribution in [0.4, 0.5) is 0 Å². The van der Waals surface area contributed by atoms with E-state index in [2.05, 4.69) is 250 Å². The van der Waals surface area contributed by atoms with Crippen molar-refractivity contribution in [1.82, 2.24) is 4.98 Å². The summed E-state index contributed by atoms with van der Waals surface area (Å²) in [5.41, 5.74) is 23.5. The highest BCUT2D eigenvalue weighted by Gasteiger charge is 2.53. The van der Waals surface area contributed by atoms with E-state index in [0.717, 1.165) is 28.1 Å². The zero-order valence-corrected chi connectivity index (χ0v) is 36.0. The molecule has 0 saturated carbocycles. The number of hydrogen-bond donors (Lipinski definition) is 0. The average Bonchev–Trinajstić information content (AvgIpc) is 3.67. The van der Waals surface area contributed by atoms with Crippen LogP contribution >= 0.6 is 0 Å². The van der Waals surface area contributed by atoms with Crippen LogP contribution in [0.2, 0.25) is 0 Å². The van der Waals surface area contributed by atoms with E-state index in [4.69, 9.17) is 4.98 Å². The number of pyridine rings is 1. The molecule has 2 aliphatic rings. The van der Waals surface area contributed by atoms with Gasteiger partial charge in [-0.2, -0.15) is 0 Å². The highest BCUT2D eigenvalue weighted by Crippen LogP contribution is 2.63. The largest absolute Gasteiger partial charge is 0.248 e. The molecule has 0 bridgehead atoms. The molecule has 0 radical (unpaired) electrons. The Labute approximate surface area is 376 Å². The van der Waals surface area contributed by atoms with E-state index in [1.54, 1.807) is 0 Å². The number of nitrogens with zero attached hydrogens (tertiary/aromatic N) is 1. The standard InChI is InChI=1S/C63H45N/c1-62(2)54-24-12-14-26-56(54)63(57-27-15-13-25-55(57)62)53-38-37-49(47-35-33-46(34-36-47)45-31-29-44(30-32-45)42-17-6-3-7-18-42)39-52(53)61-51(23-16-28-58(61)63)60-41-50(43-19-8-4-9-20-43)40-59(64-60)48-21-10-5-11-22-48/h3-41H,1-2H3. The quantitative estimate of drug-likeness (QED) is 0.163. The monoisotopic (exact) mass is 815 g/mol. The molecule has 1 aromatic heterocycles. The van der Waals surface area contributed by atoms with Gasteiger partial charge in [-0.3, -0.25) is 0 Å². The summed E-state index contributed by atoms with van der Waals surface area (Å²) < 4.78 is 0. The lowest BCUT2D eigenvalue weighted by Crippen LogP contribution is -2.40. The van der Waals surface area contributed by atoms with E-state index < -0.39 is 5.41 Å². The molecule has 64 heavy (non-hydrogen) atoms. The first-order valence-corrected chi connectivity index (χ1v) is 22.4. The van der Waals surface area contributed by atoms with Crippen molar-refractivity contribution in [3.8, 4) is 78.1 Å². The molecule has 0 fully saturated rings. The van der Waals surface area contributed by atoms with E-state index in [1.165, 1.54) is 83.5 Å². The van der Waals surface area contributed by atoms with E-state index in [0.29, 0.717) is 0 Å². The average molecular weight is 816 g/mol. The van der Waals surface area contributed by atoms with Crippen molar-refractivity contribution < 1.29 is 0 Å². The maximum Gasteiger partial charge on any atom is 0.0722 e. The van der Waals surface area contributed by atoms with Crippen molar-refractivity contribution >= 4 is 0 Å². The molecule has 12 rings (SSSR count). The Bertz CT molecular complexity index is 3260. The van der Waals surface area contributed by atoms with Gasteiger partial charge in [0, 0.05) is 16.5 Å². The fraction of sp³-hybridized carbons (Fsp3) is 0.0635. The SMILES string of the molecule is CC1(C)c2ccccc2C2(c3ccc(-c4ccc(-c5ccc(-c6ccccc6)cc5)cc4)cc3-c3c(-c4cc(-c5ccccc5)cc(-c5ccccc5)n4)cccc32)c2ccccc21. The zero-order valence-electron chi connectivity index (χ0n) is 36.0. The topological polar surface area (TPSA) is 12.9 Å². The number of benzene rings is 9. The molecule has 0 atom stereocenters. The normalized spacial score (nSPS) is 13.7. The third-order valence-electron chi connectivity index (χ3n) is 14.0. The van der Waals surface area contributed by atoms with Crippen LogP contribution in [0, 0.1) is 0 Å². The molecule has 0 aliphatic heterocycles. The maximum atomic E-state index is 5.54.